The summed E-state index contributed by atoms with van der Waals surface area (Å²) in [5.74, 6) is 1.95. The van der Waals surface area contributed by atoms with Crippen molar-refractivity contribution in [2.24, 2.45) is 23.0 Å². The van der Waals surface area contributed by atoms with Crippen LogP contribution in [0.5, 0.6) is 0 Å². The summed E-state index contributed by atoms with van der Waals surface area (Å²) >= 11 is 0. The van der Waals surface area contributed by atoms with Crippen LogP contribution in [0.15, 0.2) is 0 Å². The van der Waals surface area contributed by atoms with Gasteiger partial charge in [0.2, 0.25) is 0 Å². The molecular formula is C17H32N2. The molecule has 0 bridgehead atoms. The lowest BCUT2D eigenvalue weighted by atomic mass is 9.70. The quantitative estimate of drug-likeness (QED) is 0.846. The molecule has 0 aromatic carbocycles. The third-order valence-corrected chi connectivity index (χ3v) is 6.41. The minimum atomic E-state index is 0.455. The third-order valence-electron chi connectivity index (χ3n) is 6.41. The Morgan fingerprint density at radius 2 is 1.79 bits per heavy atom. The van der Waals surface area contributed by atoms with Gasteiger partial charge in [-0.1, -0.05) is 26.2 Å². The summed E-state index contributed by atoms with van der Waals surface area (Å²) in [6.07, 6.45) is 12.9. The molecule has 2 aliphatic carbocycles. The first-order valence-electron chi connectivity index (χ1n) is 8.67. The predicted octanol–water partition coefficient (Wildman–Crippen LogP) is 3.41. The van der Waals surface area contributed by atoms with E-state index >= 15 is 0 Å². The van der Waals surface area contributed by atoms with Gasteiger partial charge < -0.3 is 5.73 Å². The van der Waals surface area contributed by atoms with Gasteiger partial charge in [0, 0.05) is 12.6 Å². The molecule has 0 amide bonds. The van der Waals surface area contributed by atoms with Crippen LogP contribution in [0.4, 0.5) is 0 Å². The Morgan fingerprint density at radius 1 is 1.05 bits per heavy atom. The predicted molar refractivity (Wildman–Crippen MR) is 81.1 cm³/mol. The van der Waals surface area contributed by atoms with Gasteiger partial charge in [0.05, 0.1) is 0 Å². The largest absolute Gasteiger partial charge is 0.330 e. The number of rotatable bonds is 3. The highest BCUT2D eigenvalue weighted by Gasteiger charge is 2.40. The molecule has 2 heteroatoms. The molecule has 0 aromatic heterocycles. The maximum atomic E-state index is 6.21. The second-order valence-electron chi connectivity index (χ2n) is 7.76. The molecule has 19 heavy (non-hydrogen) atoms. The molecule has 110 valence electrons. The van der Waals surface area contributed by atoms with Crippen molar-refractivity contribution in [2.75, 3.05) is 19.6 Å². The van der Waals surface area contributed by atoms with E-state index in [9.17, 15) is 0 Å². The van der Waals surface area contributed by atoms with Gasteiger partial charge in [-0.3, -0.25) is 4.90 Å². The normalized spacial score (nSPS) is 44.2. The molecule has 3 aliphatic rings. The SMILES string of the molecule is CC1CCC(CN)(CN2CCCC3CCCC32)CC1. The molecule has 2 saturated carbocycles. The number of nitrogens with zero attached hydrogens (tertiary/aromatic N) is 1. The van der Waals surface area contributed by atoms with E-state index in [0.29, 0.717) is 5.41 Å². The van der Waals surface area contributed by atoms with E-state index in [2.05, 4.69) is 11.8 Å². The first-order valence-corrected chi connectivity index (χ1v) is 8.67. The van der Waals surface area contributed by atoms with E-state index in [1.165, 1.54) is 70.9 Å². The lowest BCUT2D eigenvalue weighted by molar-refractivity contribution is 0.0363. The van der Waals surface area contributed by atoms with Crippen molar-refractivity contribution in [3.63, 3.8) is 0 Å². The van der Waals surface area contributed by atoms with Crippen molar-refractivity contribution in [1.82, 2.24) is 4.90 Å². The van der Waals surface area contributed by atoms with Crippen molar-refractivity contribution >= 4 is 0 Å². The van der Waals surface area contributed by atoms with Crippen LogP contribution in [0.2, 0.25) is 0 Å². The van der Waals surface area contributed by atoms with Crippen LogP contribution in [0.1, 0.15) is 64.7 Å². The van der Waals surface area contributed by atoms with Crippen molar-refractivity contribution in [3.8, 4) is 0 Å². The molecule has 3 fully saturated rings. The zero-order valence-electron chi connectivity index (χ0n) is 12.7. The molecule has 0 spiro atoms. The Hall–Kier alpha value is -0.0800. The highest BCUT2D eigenvalue weighted by atomic mass is 15.2. The third kappa shape index (κ3) is 2.85. The fourth-order valence-electron chi connectivity index (χ4n) is 4.99. The van der Waals surface area contributed by atoms with Gasteiger partial charge >= 0.3 is 0 Å². The Balaban J connectivity index is 1.65. The first-order chi connectivity index (χ1) is 9.22. The zero-order chi connectivity index (χ0) is 13.3. The second-order valence-corrected chi connectivity index (χ2v) is 7.76. The van der Waals surface area contributed by atoms with Crippen LogP contribution in [0.25, 0.3) is 0 Å². The molecule has 1 heterocycles. The monoisotopic (exact) mass is 264 g/mol. The Morgan fingerprint density at radius 3 is 2.53 bits per heavy atom. The minimum Gasteiger partial charge on any atom is -0.330 e. The van der Waals surface area contributed by atoms with E-state index in [0.717, 1.165) is 24.4 Å². The maximum Gasteiger partial charge on any atom is 0.0124 e. The Labute approximate surface area is 119 Å². The summed E-state index contributed by atoms with van der Waals surface area (Å²) in [5.41, 5.74) is 6.67. The summed E-state index contributed by atoms with van der Waals surface area (Å²) in [6.45, 7) is 5.97. The smallest absolute Gasteiger partial charge is 0.0124 e. The van der Waals surface area contributed by atoms with Crippen LogP contribution < -0.4 is 5.73 Å². The van der Waals surface area contributed by atoms with E-state index in [1.807, 2.05) is 0 Å². The number of hydrogen-bond acceptors (Lipinski definition) is 2. The number of piperidine rings is 1. The van der Waals surface area contributed by atoms with Crippen LogP contribution in [-0.2, 0) is 0 Å². The summed E-state index contributed by atoms with van der Waals surface area (Å²) in [5, 5.41) is 0. The van der Waals surface area contributed by atoms with Crippen LogP contribution >= 0.6 is 0 Å². The zero-order valence-corrected chi connectivity index (χ0v) is 12.7. The number of fused-ring (bicyclic) bond motifs is 1. The molecule has 1 saturated heterocycles. The van der Waals surface area contributed by atoms with Crippen molar-refractivity contribution in [2.45, 2.75) is 70.8 Å². The average molecular weight is 264 g/mol. The number of nitrogens with two attached hydrogens (primary N) is 1. The number of likely N-dealkylation sites (tertiary alicyclic amines) is 1. The van der Waals surface area contributed by atoms with Gasteiger partial charge in [0.1, 0.15) is 0 Å². The molecule has 2 N–H and O–H groups in total. The second kappa shape index (κ2) is 5.73. The van der Waals surface area contributed by atoms with E-state index in [-0.39, 0.29) is 0 Å². The van der Waals surface area contributed by atoms with Crippen molar-refractivity contribution in [3.05, 3.63) is 0 Å². The molecule has 2 atom stereocenters. The van der Waals surface area contributed by atoms with Gasteiger partial charge in [-0.05, 0) is 68.9 Å². The standard InChI is InChI=1S/C17H32N2/c1-14-7-9-17(12-18,10-8-14)13-19-11-3-5-15-4-2-6-16(15)19/h14-16H,2-13,18H2,1H3. The molecule has 2 unspecified atom stereocenters. The van der Waals surface area contributed by atoms with Crippen LogP contribution in [0, 0.1) is 17.3 Å². The highest BCUT2D eigenvalue weighted by Crippen LogP contribution is 2.42. The molecule has 1 aliphatic heterocycles. The summed E-state index contributed by atoms with van der Waals surface area (Å²) in [7, 11) is 0. The van der Waals surface area contributed by atoms with Gasteiger partial charge in [0.15, 0.2) is 0 Å². The van der Waals surface area contributed by atoms with Gasteiger partial charge in [-0.2, -0.15) is 0 Å². The van der Waals surface area contributed by atoms with Gasteiger partial charge in [-0.15, -0.1) is 0 Å². The average Bonchev–Trinajstić information content (AvgIpc) is 2.91. The summed E-state index contributed by atoms with van der Waals surface area (Å²) in [6, 6.07) is 0.913. The topological polar surface area (TPSA) is 29.3 Å². The Kier molecular flexibility index (Phi) is 4.19. The number of hydrogen-bond donors (Lipinski definition) is 1. The minimum absolute atomic E-state index is 0.455. The lowest BCUT2D eigenvalue weighted by Gasteiger charge is -2.46. The lowest BCUT2D eigenvalue weighted by Crippen LogP contribution is -2.51. The van der Waals surface area contributed by atoms with Crippen LogP contribution in [-0.4, -0.2) is 30.6 Å². The van der Waals surface area contributed by atoms with E-state index < -0.39 is 0 Å². The van der Waals surface area contributed by atoms with Crippen LogP contribution in [0.3, 0.4) is 0 Å². The van der Waals surface area contributed by atoms with Crippen molar-refractivity contribution in [1.29, 1.82) is 0 Å². The summed E-state index contributed by atoms with van der Waals surface area (Å²) in [4.78, 5) is 2.85. The molecule has 0 radical (unpaired) electrons. The van der Waals surface area contributed by atoms with E-state index in [4.69, 9.17) is 5.73 Å². The van der Waals surface area contributed by atoms with Gasteiger partial charge in [-0.25, -0.2) is 0 Å². The maximum absolute atomic E-state index is 6.21. The first kappa shape index (κ1) is 13.9. The van der Waals surface area contributed by atoms with Crippen molar-refractivity contribution < 1.29 is 0 Å². The molecule has 0 aromatic rings. The molecular weight excluding hydrogens is 232 g/mol. The fraction of sp³-hybridized carbons (Fsp3) is 1.00. The fourth-order valence-corrected chi connectivity index (χ4v) is 4.99. The summed E-state index contributed by atoms with van der Waals surface area (Å²) < 4.78 is 0. The molecule has 2 nitrogen and oxygen atoms in total. The molecule has 3 rings (SSSR count). The van der Waals surface area contributed by atoms with Gasteiger partial charge in [0.25, 0.3) is 0 Å². The Bertz CT molecular complexity index is 294. The highest BCUT2D eigenvalue weighted by molar-refractivity contribution is 4.94. The van der Waals surface area contributed by atoms with E-state index in [1.54, 1.807) is 0 Å².